The number of hydrogen-bond acceptors (Lipinski definition) is 5. The van der Waals surface area contributed by atoms with E-state index in [9.17, 15) is 8.42 Å². The molecular formula is C4H2ClN3O3S2. The molecular weight excluding hydrogens is 238 g/mol. The molecule has 2 rings (SSSR count). The van der Waals surface area contributed by atoms with Gasteiger partial charge in [-0.2, -0.15) is 12.8 Å². The average Bonchev–Trinajstić information content (AvgIpc) is 2.51. The Hall–Kier alpha value is -0.700. The molecule has 0 spiro atoms. The van der Waals surface area contributed by atoms with Gasteiger partial charge in [0.2, 0.25) is 0 Å². The van der Waals surface area contributed by atoms with Gasteiger partial charge in [0.25, 0.3) is 5.16 Å². The summed E-state index contributed by atoms with van der Waals surface area (Å²) in [6, 6.07) is 0. The zero-order chi connectivity index (χ0) is 9.64. The van der Waals surface area contributed by atoms with E-state index in [2.05, 4.69) is 9.36 Å². The van der Waals surface area contributed by atoms with Gasteiger partial charge >= 0.3 is 10.1 Å². The zero-order valence-corrected chi connectivity index (χ0v) is 8.27. The van der Waals surface area contributed by atoms with E-state index in [-0.39, 0.29) is 5.65 Å². The third-order valence-electron chi connectivity index (χ3n) is 1.33. The maximum Gasteiger partial charge on any atom is 0.330 e. The quantitative estimate of drug-likeness (QED) is 0.742. The topological polar surface area (TPSA) is 85.1 Å². The van der Waals surface area contributed by atoms with Gasteiger partial charge in [-0.25, -0.2) is 9.07 Å². The van der Waals surface area contributed by atoms with Crippen LogP contribution in [0.2, 0.25) is 0 Å². The number of aromatic nitrogens is 3. The molecule has 0 fully saturated rings. The molecule has 9 heteroatoms. The van der Waals surface area contributed by atoms with Crippen molar-refractivity contribution >= 4 is 44.6 Å². The summed E-state index contributed by atoms with van der Waals surface area (Å²) in [7, 11) is -4.38. The number of nitrogens with zero attached hydrogens (tertiary/aromatic N) is 3. The number of rotatable bonds is 1. The van der Waals surface area contributed by atoms with E-state index in [4.69, 9.17) is 16.3 Å². The van der Waals surface area contributed by atoms with Crippen LogP contribution in [0.5, 0.6) is 0 Å². The van der Waals surface area contributed by atoms with Crippen molar-refractivity contribution in [3.05, 3.63) is 5.38 Å². The Kier molecular flexibility index (Phi) is 1.80. The summed E-state index contributed by atoms with van der Waals surface area (Å²) in [6.07, 6.45) is 0. The molecule has 0 saturated carbocycles. The highest BCUT2D eigenvalue weighted by atomic mass is 35.5. The molecule has 0 aliphatic carbocycles. The van der Waals surface area contributed by atoms with Gasteiger partial charge in [0.15, 0.2) is 5.65 Å². The van der Waals surface area contributed by atoms with Gasteiger partial charge in [0.05, 0.1) is 0 Å². The van der Waals surface area contributed by atoms with Crippen LogP contribution in [-0.2, 0) is 10.1 Å². The number of halogens is 1. The van der Waals surface area contributed by atoms with Gasteiger partial charge in [-0.05, 0) is 11.5 Å². The molecule has 0 aromatic carbocycles. The summed E-state index contributed by atoms with van der Waals surface area (Å²) in [5, 5.41) is 0.919. The van der Waals surface area contributed by atoms with Crippen molar-refractivity contribution in [2.75, 3.05) is 0 Å². The van der Waals surface area contributed by atoms with Crippen molar-refractivity contribution in [3.8, 4) is 0 Å². The molecule has 6 nitrogen and oxygen atoms in total. The molecule has 0 aliphatic rings. The minimum absolute atomic E-state index is 0.222. The molecule has 0 bridgehead atoms. The van der Waals surface area contributed by atoms with E-state index >= 15 is 0 Å². The maximum absolute atomic E-state index is 10.7. The molecule has 0 aliphatic heterocycles. The molecule has 0 atom stereocenters. The minimum Gasteiger partial charge on any atom is -0.279 e. The second-order valence-electron chi connectivity index (χ2n) is 2.17. The Bertz CT molecular complexity index is 556. The van der Waals surface area contributed by atoms with E-state index in [1.807, 2.05) is 0 Å². The zero-order valence-electron chi connectivity index (χ0n) is 5.88. The first-order valence-electron chi connectivity index (χ1n) is 2.96. The second kappa shape index (κ2) is 2.64. The van der Waals surface area contributed by atoms with E-state index in [0.717, 1.165) is 11.5 Å². The van der Waals surface area contributed by atoms with Crippen LogP contribution in [0.25, 0.3) is 11.2 Å². The first-order valence-corrected chi connectivity index (χ1v) is 5.58. The van der Waals surface area contributed by atoms with Crippen molar-refractivity contribution in [3.63, 3.8) is 0 Å². The van der Waals surface area contributed by atoms with Crippen LogP contribution in [0, 0.1) is 0 Å². The van der Waals surface area contributed by atoms with Crippen molar-refractivity contribution in [2.45, 2.75) is 5.16 Å². The molecule has 0 radical (unpaired) electrons. The lowest BCUT2D eigenvalue weighted by Gasteiger charge is -1.92. The molecule has 2 heterocycles. The molecule has 0 amide bonds. The van der Waals surface area contributed by atoms with Gasteiger partial charge in [0, 0.05) is 17.2 Å². The van der Waals surface area contributed by atoms with E-state index in [1.54, 1.807) is 0 Å². The van der Waals surface area contributed by atoms with Crippen LogP contribution >= 0.6 is 23.3 Å². The predicted octanol–water partition coefficient (Wildman–Crippen LogP) is 0.741. The van der Waals surface area contributed by atoms with Gasteiger partial charge < -0.3 is 0 Å². The molecule has 1 N–H and O–H groups in total. The fourth-order valence-corrected chi connectivity index (χ4v) is 2.39. The first-order chi connectivity index (χ1) is 6.00. The van der Waals surface area contributed by atoms with Crippen LogP contribution in [0.15, 0.2) is 10.5 Å². The molecule has 0 saturated heterocycles. The predicted molar refractivity (Wildman–Crippen MR) is 46.5 cm³/mol. The van der Waals surface area contributed by atoms with Crippen molar-refractivity contribution in [1.82, 2.24) is 13.4 Å². The van der Waals surface area contributed by atoms with Crippen LogP contribution in [0.4, 0.5) is 0 Å². The summed E-state index contributed by atoms with van der Waals surface area (Å²) in [5.74, 6) is 0. The Balaban J connectivity index is 2.86. The molecule has 0 unspecified atom stereocenters. The second-order valence-corrected chi connectivity index (χ2v) is 4.46. The van der Waals surface area contributed by atoms with Crippen molar-refractivity contribution in [1.29, 1.82) is 0 Å². The molecule has 2 aromatic heterocycles. The van der Waals surface area contributed by atoms with Crippen LogP contribution in [0.3, 0.4) is 0 Å². The Morgan fingerprint density at radius 3 is 2.85 bits per heavy atom. The largest absolute Gasteiger partial charge is 0.330 e. The van der Waals surface area contributed by atoms with Gasteiger partial charge in [-0.3, -0.25) is 4.55 Å². The van der Waals surface area contributed by atoms with E-state index < -0.39 is 15.3 Å². The van der Waals surface area contributed by atoms with Gasteiger partial charge in [0.1, 0.15) is 5.52 Å². The Labute approximate surface area is 81.8 Å². The number of hydrogen-bond donors (Lipinski definition) is 1. The van der Waals surface area contributed by atoms with Crippen molar-refractivity contribution < 1.29 is 13.0 Å². The summed E-state index contributed by atoms with van der Waals surface area (Å²) in [4.78, 5) is 3.58. The highest BCUT2D eigenvalue weighted by Crippen LogP contribution is 2.20. The Morgan fingerprint density at radius 1 is 1.62 bits per heavy atom. The third-order valence-corrected chi connectivity index (χ3v) is 3.10. The smallest absolute Gasteiger partial charge is 0.279 e. The number of fused-ring (bicyclic) bond motifs is 1. The maximum atomic E-state index is 10.7. The van der Waals surface area contributed by atoms with Crippen LogP contribution in [-0.4, -0.2) is 26.4 Å². The Morgan fingerprint density at radius 2 is 2.31 bits per heavy atom. The third kappa shape index (κ3) is 1.31. The number of imidazole rings is 1. The van der Waals surface area contributed by atoms with Crippen LogP contribution < -0.4 is 0 Å². The normalized spacial score (nSPS) is 12.5. The first kappa shape index (κ1) is 8.88. The SMILES string of the molecule is O=S(=O)(O)c1nc2csnc2n1Cl. The fraction of sp³-hybridized carbons (Fsp3) is 0. The average molecular weight is 240 g/mol. The van der Waals surface area contributed by atoms with E-state index in [0.29, 0.717) is 9.60 Å². The lowest BCUT2D eigenvalue weighted by molar-refractivity contribution is 0.474. The van der Waals surface area contributed by atoms with Crippen LogP contribution in [0.1, 0.15) is 0 Å². The van der Waals surface area contributed by atoms with Gasteiger partial charge in [-0.15, -0.1) is 0 Å². The standard InChI is InChI=1S/C4H2ClN3O3S2/c5-8-3-2(1-12-7-3)6-4(8)13(9,10)11/h1H,(H,9,10,11). The van der Waals surface area contributed by atoms with Crippen molar-refractivity contribution in [2.24, 2.45) is 0 Å². The molecule has 70 valence electrons. The molecule has 2 aromatic rings. The summed E-state index contributed by atoms with van der Waals surface area (Å²) < 4.78 is 34.5. The fourth-order valence-electron chi connectivity index (χ4n) is 0.835. The highest BCUT2D eigenvalue weighted by molar-refractivity contribution is 7.85. The van der Waals surface area contributed by atoms with Gasteiger partial charge in [-0.1, -0.05) is 0 Å². The highest BCUT2D eigenvalue weighted by Gasteiger charge is 2.21. The lowest BCUT2D eigenvalue weighted by atomic mass is 10.6. The minimum atomic E-state index is -4.38. The lowest BCUT2D eigenvalue weighted by Crippen LogP contribution is -2.03. The van der Waals surface area contributed by atoms with E-state index in [1.165, 1.54) is 5.38 Å². The monoisotopic (exact) mass is 239 g/mol. The summed E-state index contributed by atoms with van der Waals surface area (Å²) >= 11 is 6.64. The molecule has 13 heavy (non-hydrogen) atoms. The summed E-state index contributed by atoms with van der Waals surface area (Å²) in [6.45, 7) is 0. The summed E-state index contributed by atoms with van der Waals surface area (Å²) in [5.41, 5.74) is 0.562.